The molecule has 2 aromatic rings. The first-order valence-corrected chi connectivity index (χ1v) is 8.90. The highest BCUT2D eigenvalue weighted by Crippen LogP contribution is 2.27. The number of anilines is 2. The molecule has 0 saturated carbocycles. The first kappa shape index (κ1) is 18.0. The number of hydrogen-bond acceptors (Lipinski definition) is 3. The van der Waals surface area contributed by atoms with Gasteiger partial charge in [-0.1, -0.05) is 23.8 Å². The summed E-state index contributed by atoms with van der Waals surface area (Å²) in [6.45, 7) is 3.28. The van der Waals surface area contributed by atoms with Gasteiger partial charge in [0.25, 0.3) is 5.91 Å². The molecule has 1 N–H and O–H groups in total. The van der Waals surface area contributed by atoms with Crippen LogP contribution in [0.1, 0.15) is 27.9 Å². The molecule has 1 aliphatic rings. The number of carbonyl (C=O) groups excluding carboxylic acids is 2. The van der Waals surface area contributed by atoms with Crippen LogP contribution in [0.25, 0.3) is 0 Å². The third-order valence-electron chi connectivity index (χ3n) is 4.58. The summed E-state index contributed by atoms with van der Waals surface area (Å²) < 4.78 is 0. The molecule has 2 aromatic carbocycles. The summed E-state index contributed by atoms with van der Waals surface area (Å²) >= 11 is 0. The Morgan fingerprint density at radius 3 is 2.73 bits per heavy atom. The van der Waals surface area contributed by atoms with Crippen LogP contribution in [0.2, 0.25) is 0 Å². The lowest BCUT2D eigenvalue weighted by molar-refractivity contribution is -0.115. The summed E-state index contributed by atoms with van der Waals surface area (Å²) in [5.41, 5.74) is 4.91. The Morgan fingerprint density at radius 2 is 1.96 bits per heavy atom. The summed E-state index contributed by atoms with van der Waals surface area (Å²) in [7, 11) is 3.42. The molecular weight excluding hydrogens is 326 g/mol. The van der Waals surface area contributed by atoms with Gasteiger partial charge in [-0.15, -0.1) is 0 Å². The molecule has 0 aromatic heterocycles. The summed E-state index contributed by atoms with van der Waals surface area (Å²) in [4.78, 5) is 28.2. The lowest BCUT2D eigenvalue weighted by Gasteiger charge is -2.31. The summed E-state index contributed by atoms with van der Waals surface area (Å²) in [5.74, 6) is -0.158. The fraction of sp³-hybridized carbons (Fsp3) is 0.333. The summed E-state index contributed by atoms with van der Waals surface area (Å²) in [5, 5.41) is 2.91. The van der Waals surface area contributed by atoms with E-state index in [-0.39, 0.29) is 11.8 Å². The molecule has 136 valence electrons. The standard InChI is InChI=1S/C21H25N3O2/c1-15-9-10-19-16(12-15)7-5-11-24(19)14-20(25)22-18-8-4-6-17(13-18)21(26)23(2)3/h4,6,8-10,12-13H,5,7,11,14H2,1-3H3,(H,22,25). The molecule has 0 radical (unpaired) electrons. The molecule has 3 rings (SSSR count). The van der Waals surface area contributed by atoms with Crippen molar-refractivity contribution in [2.24, 2.45) is 0 Å². The van der Waals surface area contributed by atoms with Gasteiger partial charge >= 0.3 is 0 Å². The summed E-state index contributed by atoms with van der Waals surface area (Å²) in [6.07, 6.45) is 2.11. The van der Waals surface area contributed by atoms with Gasteiger partial charge in [-0.2, -0.15) is 0 Å². The molecular formula is C21H25N3O2. The van der Waals surface area contributed by atoms with Crippen LogP contribution in [0.15, 0.2) is 42.5 Å². The second kappa shape index (κ2) is 7.60. The fourth-order valence-corrected chi connectivity index (χ4v) is 3.33. The van der Waals surface area contributed by atoms with E-state index < -0.39 is 0 Å². The van der Waals surface area contributed by atoms with Gasteiger partial charge in [0.15, 0.2) is 0 Å². The van der Waals surface area contributed by atoms with Crippen molar-refractivity contribution in [2.45, 2.75) is 19.8 Å². The van der Waals surface area contributed by atoms with Crippen molar-refractivity contribution in [1.29, 1.82) is 0 Å². The van der Waals surface area contributed by atoms with Crippen molar-refractivity contribution in [3.8, 4) is 0 Å². The Labute approximate surface area is 154 Å². The number of nitrogens with zero attached hydrogens (tertiary/aromatic N) is 2. The van der Waals surface area contributed by atoms with Crippen molar-refractivity contribution in [1.82, 2.24) is 4.90 Å². The van der Waals surface area contributed by atoms with E-state index in [0.29, 0.717) is 17.8 Å². The Morgan fingerprint density at radius 1 is 1.15 bits per heavy atom. The second-order valence-electron chi connectivity index (χ2n) is 6.99. The van der Waals surface area contributed by atoms with E-state index in [1.165, 1.54) is 16.0 Å². The first-order chi connectivity index (χ1) is 12.4. The lowest BCUT2D eigenvalue weighted by atomic mass is 9.99. The minimum absolute atomic E-state index is 0.0760. The summed E-state index contributed by atoms with van der Waals surface area (Å²) in [6, 6.07) is 13.5. The van der Waals surface area contributed by atoms with Gasteiger partial charge in [0.1, 0.15) is 0 Å². The van der Waals surface area contributed by atoms with Gasteiger partial charge in [0.2, 0.25) is 5.91 Å². The topological polar surface area (TPSA) is 52.7 Å². The van der Waals surface area contributed by atoms with E-state index in [9.17, 15) is 9.59 Å². The van der Waals surface area contributed by atoms with Crippen LogP contribution >= 0.6 is 0 Å². The van der Waals surface area contributed by atoms with Crippen LogP contribution in [0.3, 0.4) is 0 Å². The monoisotopic (exact) mass is 351 g/mol. The minimum Gasteiger partial charge on any atom is -0.362 e. The average molecular weight is 351 g/mol. The normalized spacial score (nSPS) is 13.1. The van der Waals surface area contributed by atoms with Crippen LogP contribution in [-0.4, -0.2) is 43.9 Å². The third-order valence-corrected chi connectivity index (χ3v) is 4.58. The van der Waals surface area contributed by atoms with Gasteiger partial charge < -0.3 is 15.1 Å². The third kappa shape index (κ3) is 4.04. The smallest absolute Gasteiger partial charge is 0.253 e. The molecule has 0 fully saturated rings. The fourth-order valence-electron chi connectivity index (χ4n) is 3.33. The zero-order chi connectivity index (χ0) is 18.7. The van der Waals surface area contributed by atoms with E-state index in [0.717, 1.165) is 25.1 Å². The van der Waals surface area contributed by atoms with Crippen molar-refractivity contribution >= 4 is 23.2 Å². The Kier molecular flexibility index (Phi) is 5.26. The number of rotatable bonds is 4. The van der Waals surface area contributed by atoms with Gasteiger partial charge in [0, 0.05) is 37.6 Å². The molecule has 0 aliphatic carbocycles. The Balaban J connectivity index is 1.69. The van der Waals surface area contributed by atoms with E-state index in [2.05, 4.69) is 35.3 Å². The van der Waals surface area contributed by atoms with Gasteiger partial charge in [0.05, 0.1) is 6.54 Å². The number of nitrogens with one attached hydrogen (secondary N) is 1. The maximum absolute atomic E-state index is 12.5. The molecule has 5 nitrogen and oxygen atoms in total. The molecule has 2 amide bonds. The highest BCUT2D eigenvalue weighted by atomic mass is 16.2. The second-order valence-corrected chi connectivity index (χ2v) is 6.99. The molecule has 0 unspecified atom stereocenters. The van der Waals surface area contributed by atoms with E-state index >= 15 is 0 Å². The van der Waals surface area contributed by atoms with Crippen molar-refractivity contribution in [3.05, 3.63) is 59.2 Å². The minimum atomic E-state index is -0.0820. The van der Waals surface area contributed by atoms with Gasteiger partial charge in [-0.25, -0.2) is 0 Å². The number of carbonyl (C=O) groups is 2. The molecule has 0 saturated heterocycles. The molecule has 0 atom stereocenters. The molecule has 5 heteroatoms. The zero-order valence-corrected chi connectivity index (χ0v) is 15.6. The number of aryl methyl sites for hydroxylation is 2. The maximum Gasteiger partial charge on any atom is 0.253 e. The van der Waals surface area contributed by atoms with Crippen molar-refractivity contribution in [2.75, 3.05) is 37.4 Å². The van der Waals surface area contributed by atoms with Crippen molar-refractivity contribution in [3.63, 3.8) is 0 Å². The van der Waals surface area contributed by atoms with E-state index in [4.69, 9.17) is 0 Å². The highest BCUT2D eigenvalue weighted by Gasteiger charge is 2.19. The van der Waals surface area contributed by atoms with E-state index in [1.54, 1.807) is 38.4 Å². The molecule has 26 heavy (non-hydrogen) atoms. The van der Waals surface area contributed by atoms with Crippen LogP contribution in [0, 0.1) is 6.92 Å². The van der Waals surface area contributed by atoms with Crippen molar-refractivity contribution < 1.29 is 9.59 Å². The Bertz CT molecular complexity index is 830. The average Bonchev–Trinajstić information content (AvgIpc) is 2.61. The highest BCUT2D eigenvalue weighted by molar-refractivity contribution is 5.98. The van der Waals surface area contributed by atoms with Crippen LogP contribution in [0.4, 0.5) is 11.4 Å². The lowest BCUT2D eigenvalue weighted by Crippen LogP contribution is -2.36. The number of fused-ring (bicyclic) bond motifs is 1. The number of hydrogen-bond donors (Lipinski definition) is 1. The van der Waals surface area contributed by atoms with Crippen LogP contribution in [-0.2, 0) is 11.2 Å². The molecule has 0 spiro atoms. The number of amides is 2. The quantitative estimate of drug-likeness (QED) is 0.921. The Hall–Kier alpha value is -2.82. The van der Waals surface area contributed by atoms with Crippen LogP contribution < -0.4 is 10.2 Å². The number of benzene rings is 2. The molecule has 1 aliphatic heterocycles. The van der Waals surface area contributed by atoms with E-state index in [1.807, 2.05) is 0 Å². The largest absolute Gasteiger partial charge is 0.362 e. The first-order valence-electron chi connectivity index (χ1n) is 8.90. The SMILES string of the molecule is Cc1ccc2c(c1)CCCN2CC(=O)Nc1cccc(C(=O)N(C)C)c1. The van der Waals surface area contributed by atoms with Gasteiger partial charge in [-0.05, 0) is 49.6 Å². The molecule has 1 heterocycles. The molecule has 0 bridgehead atoms. The predicted molar refractivity (Wildman–Crippen MR) is 105 cm³/mol. The zero-order valence-electron chi connectivity index (χ0n) is 15.6. The predicted octanol–water partition coefficient (Wildman–Crippen LogP) is 3.09. The maximum atomic E-state index is 12.5. The van der Waals surface area contributed by atoms with Crippen LogP contribution in [0.5, 0.6) is 0 Å². The van der Waals surface area contributed by atoms with Gasteiger partial charge in [-0.3, -0.25) is 9.59 Å².